The van der Waals surface area contributed by atoms with Crippen LogP contribution in [0.4, 0.5) is 0 Å². The van der Waals surface area contributed by atoms with Gasteiger partial charge in [-0.2, -0.15) is 0 Å². The van der Waals surface area contributed by atoms with E-state index >= 15 is 0 Å². The Morgan fingerprint density at radius 3 is 1.96 bits per heavy atom. The van der Waals surface area contributed by atoms with Crippen LogP contribution >= 0.6 is 0 Å². The van der Waals surface area contributed by atoms with Gasteiger partial charge in [0.2, 0.25) is 5.91 Å². The van der Waals surface area contributed by atoms with Gasteiger partial charge in [-0.3, -0.25) is 19.3 Å². The van der Waals surface area contributed by atoms with E-state index in [-0.39, 0.29) is 35.8 Å². The molecule has 1 aromatic rings. The van der Waals surface area contributed by atoms with Crippen LogP contribution in [0.25, 0.3) is 0 Å². The number of hydrogen-bond donors (Lipinski definition) is 0. The molecular weight excluding hydrogens is 320 g/mol. The van der Waals surface area contributed by atoms with Crippen LogP contribution in [0, 0.1) is 5.92 Å². The molecule has 6 nitrogen and oxygen atoms in total. The number of carbonyl (C=O) groups excluding carboxylic acids is 3. The Kier molecular flexibility index (Phi) is 4.64. The summed E-state index contributed by atoms with van der Waals surface area (Å²) in [6.45, 7) is 8.49. The molecular formula is C19H24N2O4. The highest BCUT2D eigenvalue weighted by molar-refractivity contribution is 6.22. The van der Waals surface area contributed by atoms with Gasteiger partial charge in [0, 0.05) is 13.1 Å². The fourth-order valence-corrected chi connectivity index (χ4v) is 3.70. The van der Waals surface area contributed by atoms with Gasteiger partial charge in [0.1, 0.15) is 6.04 Å². The topological polar surface area (TPSA) is 66.9 Å². The highest BCUT2D eigenvalue weighted by Gasteiger charge is 2.45. The fourth-order valence-electron chi connectivity index (χ4n) is 3.70. The van der Waals surface area contributed by atoms with Crippen molar-refractivity contribution in [2.24, 2.45) is 5.92 Å². The minimum atomic E-state index is -0.801. The van der Waals surface area contributed by atoms with Crippen LogP contribution in [-0.4, -0.2) is 58.9 Å². The summed E-state index contributed by atoms with van der Waals surface area (Å²) in [4.78, 5) is 41.6. The van der Waals surface area contributed by atoms with Gasteiger partial charge in [0.15, 0.2) is 0 Å². The second kappa shape index (κ2) is 6.59. The third kappa shape index (κ3) is 3.06. The van der Waals surface area contributed by atoms with Crippen molar-refractivity contribution >= 4 is 17.7 Å². The van der Waals surface area contributed by atoms with Crippen molar-refractivity contribution in [1.29, 1.82) is 0 Å². The Bertz CT molecular complexity index is 670. The number of ether oxygens (including phenoxy) is 1. The summed E-state index contributed by atoms with van der Waals surface area (Å²) in [6, 6.07) is 5.92. The average molecular weight is 344 g/mol. The second-order valence-electron chi connectivity index (χ2n) is 7.22. The maximum atomic E-state index is 13.2. The predicted molar refractivity (Wildman–Crippen MR) is 92.2 cm³/mol. The lowest BCUT2D eigenvalue weighted by molar-refractivity contribution is -0.148. The number of nitrogens with zero attached hydrogens (tertiary/aromatic N) is 2. The Labute approximate surface area is 147 Å². The molecule has 0 radical (unpaired) electrons. The molecule has 2 aliphatic rings. The van der Waals surface area contributed by atoms with Gasteiger partial charge < -0.3 is 9.64 Å². The highest BCUT2D eigenvalue weighted by atomic mass is 16.5. The van der Waals surface area contributed by atoms with Gasteiger partial charge in [-0.25, -0.2) is 0 Å². The maximum absolute atomic E-state index is 13.2. The number of morpholine rings is 1. The summed E-state index contributed by atoms with van der Waals surface area (Å²) in [5.74, 6) is -1.14. The van der Waals surface area contributed by atoms with Crippen molar-refractivity contribution in [3.05, 3.63) is 35.4 Å². The van der Waals surface area contributed by atoms with E-state index in [0.29, 0.717) is 24.2 Å². The summed E-state index contributed by atoms with van der Waals surface area (Å²) in [5.41, 5.74) is 0.740. The van der Waals surface area contributed by atoms with Crippen LogP contribution in [0.15, 0.2) is 24.3 Å². The van der Waals surface area contributed by atoms with Gasteiger partial charge in [-0.05, 0) is 31.9 Å². The average Bonchev–Trinajstić information content (AvgIpc) is 2.79. The SMILES string of the molecule is CC1CN(C(=O)C(C(C)C)N2C(=O)c3ccccc3C2=O)CC(C)O1. The summed E-state index contributed by atoms with van der Waals surface area (Å²) in [5, 5.41) is 0. The predicted octanol–water partition coefficient (Wildman–Crippen LogP) is 1.94. The zero-order chi connectivity index (χ0) is 18.3. The molecule has 3 unspecified atom stereocenters. The smallest absolute Gasteiger partial charge is 0.262 e. The van der Waals surface area contributed by atoms with Gasteiger partial charge in [-0.1, -0.05) is 26.0 Å². The molecule has 25 heavy (non-hydrogen) atoms. The summed E-state index contributed by atoms with van der Waals surface area (Å²) < 4.78 is 5.68. The lowest BCUT2D eigenvalue weighted by atomic mass is 10.00. The van der Waals surface area contributed by atoms with E-state index in [1.54, 1.807) is 29.2 Å². The second-order valence-corrected chi connectivity index (χ2v) is 7.22. The first-order valence-electron chi connectivity index (χ1n) is 8.72. The molecule has 2 heterocycles. The minimum absolute atomic E-state index is 0.0670. The zero-order valence-electron chi connectivity index (χ0n) is 15.1. The minimum Gasteiger partial charge on any atom is -0.372 e. The maximum Gasteiger partial charge on any atom is 0.262 e. The third-order valence-electron chi connectivity index (χ3n) is 4.72. The van der Waals surface area contributed by atoms with Crippen molar-refractivity contribution < 1.29 is 19.1 Å². The Morgan fingerprint density at radius 1 is 1.04 bits per heavy atom. The third-order valence-corrected chi connectivity index (χ3v) is 4.72. The number of fused-ring (bicyclic) bond motifs is 1. The normalized spacial score (nSPS) is 24.7. The fraction of sp³-hybridized carbons (Fsp3) is 0.526. The van der Waals surface area contributed by atoms with Crippen LogP contribution in [0.1, 0.15) is 48.4 Å². The first kappa shape index (κ1) is 17.6. The van der Waals surface area contributed by atoms with Crippen molar-refractivity contribution in [1.82, 2.24) is 9.80 Å². The van der Waals surface area contributed by atoms with E-state index in [4.69, 9.17) is 4.74 Å². The van der Waals surface area contributed by atoms with E-state index in [9.17, 15) is 14.4 Å². The largest absolute Gasteiger partial charge is 0.372 e. The van der Waals surface area contributed by atoms with E-state index in [2.05, 4.69) is 0 Å². The summed E-state index contributed by atoms with van der Waals surface area (Å²) >= 11 is 0. The first-order valence-corrected chi connectivity index (χ1v) is 8.72. The number of hydrogen-bond acceptors (Lipinski definition) is 4. The lowest BCUT2D eigenvalue weighted by Gasteiger charge is -2.39. The zero-order valence-corrected chi connectivity index (χ0v) is 15.1. The molecule has 6 heteroatoms. The first-order chi connectivity index (χ1) is 11.8. The number of amides is 3. The van der Waals surface area contributed by atoms with Crippen LogP contribution in [0.3, 0.4) is 0 Å². The highest BCUT2D eigenvalue weighted by Crippen LogP contribution is 2.28. The quantitative estimate of drug-likeness (QED) is 0.786. The van der Waals surface area contributed by atoms with Gasteiger partial charge in [0.05, 0.1) is 23.3 Å². The standard InChI is InChI=1S/C19H24N2O4/c1-11(2)16(19(24)20-9-12(3)25-13(4)10-20)21-17(22)14-7-5-6-8-15(14)18(21)23/h5-8,11-13,16H,9-10H2,1-4H3. The van der Waals surface area contributed by atoms with Crippen LogP contribution in [0.2, 0.25) is 0 Å². The molecule has 0 aromatic heterocycles. The van der Waals surface area contributed by atoms with E-state index in [1.807, 2.05) is 27.7 Å². The molecule has 0 bridgehead atoms. The van der Waals surface area contributed by atoms with Crippen LogP contribution in [0.5, 0.6) is 0 Å². The Morgan fingerprint density at radius 2 is 1.52 bits per heavy atom. The molecule has 0 N–H and O–H groups in total. The molecule has 134 valence electrons. The molecule has 3 amide bonds. The number of benzene rings is 1. The molecule has 1 fully saturated rings. The number of carbonyl (C=O) groups is 3. The van der Waals surface area contributed by atoms with Crippen molar-refractivity contribution in [3.8, 4) is 0 Å². The Hall–Kier alpha value is -2.21. The molecule has 0 spiro atoms. The van der Waals surface area contributed by atoms with Gasteiger partial charge >= 0.3 is 0 Å². The van der Waals surface area contributed by atoms with Crippen molar-refractivity contribution in [2.75, 3.05) is 13.1 Å². The van der Waals surface area contributed by atoms with E-state index in [1.165, 1.54) is 0 Å². The van der Waals surface area contributed by atoms with Gasteiger partial charge in [0.25, 0.3) is 11.8 Å². The number of rotatable bonds is 3. The molecule has 2 aliphatic heterocycles. The van der Waals surface area contributed by atoms with Crippen LogP contribution < -0.4 is 0 Å². The summed E-state index contributed by atoms with van der Waals surface area (Å²) in [7, 11) is 0. The Balaban J connectivity index is 1.91. The van der Waals surface area contributed by atoms with Crippen molar-refractivity contribution in [3.63, 3.8) is 0 Å². The number of imide groups is 1. The van der Waals surface area contributed by atoms with E-state index in [0.717, 1.165) is 4.90 Å². The molecule has 1 aromatic carbocycles. The monoisotopic (exact) mass is 344 g/mol. The molecule has 0 aliphatic carbocycles. The van der Waals surface area contributed by atoms with E-state index < -0.39 is 6.04 Å². The lowest BCUT2D eigenvalue weighted by Crippen LogP contribution is -2.57. The molecule has 1 saturated heterocycles. The van der Waals surface area contributed by atoms with Crippen molar-refractivity contribution in [2.45, 2.75) is 45.9 Å². The molecule has 0 saturated carbocycles. The van der Waals surface area contributed by atoms with Crippen LogP contribution in [-0.2, 0) is 9.53 Å². The summed E-state index contributed by atoms with van der Waals surface area (Å²) in [6.07, 6.45) is -0.134. The van der Waals surface area contributed by atoms with Gasteiger partial charge in [-0.15, -0.1) is 0 Å². The molecule has 3 atom stereocenters. The molecule has 3 rings (SSSR count).